The van der Waals surface area contributed by atoms with Gasteiger partial charge in [-0.15, -0.1) is 0 Å². The molecule has 4 nitrogen and oxygen atoms in total. The summed E-state index contributed by atoms with van der Waals surface area (Å²) in [7, 11) is -4.91. The van der Waals surface area contributed by atoms with Gasteiger partial charge < -0.3 is 5.73 Å². The van der Waals surface area contributed by atoms with Crippen molar-refractivity contribution in [3.63, 3.8) is 0 Å². The predicted octanol–water partition coefficient (Wildman–Crippen LogP) is 6.32. The molecule has 0 bridgehead atoms. The predicted molar refractivity (Wildman–Crippen MR) is 128 cm³/mol. The van der Waals surface area contributed by atoms with Crippen molar-refractivity contribution in [3.8, 4) is 0 Å². The smallest absolute Gasteiger partial charge is 0.316 e. The monoisotopic (exact) mass is 544 g/mol. The Hall–Kier alpha value is -2.89. The Kier molecular flexibility index (Phi) is 8.11. The van der Waals surface area contributed by atoms with Gasteiger partial charge in [0.15, 0.2) is 0 Å². The van der Waals surface area contributed by atoms with Crippen molar-refractivity contribution in [1.29, 1.82) is 0 Å². The molecular formula is C26H26F6N2O2S. The number of hydrogen-bond donors (Lipinski definition) is 2. The molecule has 0 heterocycles. The Morgan fingerprint density at radius 1 is 0.757 bits per heavy atom. The molecule has 3 rings (SSSR count). The fourth-order valence-corrected chi connectivity index (χ4v) is 5.62. The summed E-state index contributed by atoms with van der Waals surface area (Å²) in [5.74, 6) is -0.479. The van der Waals surface area contributed by atoms with Gasteiger partial charge in [-0.1, -0.05) is 80.9 Å². The Morgan fingerprint density at radius 3 is 1.51 bits per heavy atom. The zero-order valence-corrected chi connectivity index (χ0v) is 20.8. The van der Waals surface area contributed by atoms with Gasteiger partial charge in [0.05, 0.1) is 27.6 Å². The van der Waals surface area contributed by atoms with Crippen LogP contribution in [-0.4, -0.2) is 14.5 Å². The van der Waals surface area contributed by atoms with Crippen LogP contribution in [0.5, 0.6) is 0 Å². The first-order valence-corrected chi connectivity index (χ1v) is 12.8. The van der Waals surface area contributed by atoms with Crippen LogP contribution in [-0.2, 0) is 27.9 Å². The molecule has 0 radical (unpaired) electrons. The summed E-state index contributed by atoms with van der Waals surface area (Å²) < 4.78 is 110. The zero-order valence-electron chi connectivity index (χ0n) is 19.9. The Bertz CT molecular complexity index is 1240. The summed E-state index contributed by atoms with van der Waals surface area (Å²) >= 11 is 0. The third-order valence-electron chi connectivity index (χ3n) is 6.36. The first kappa shape index (κ1) is 28.7. The highest BCUT2D eigenvalue weighted by atomic mass is 32.2. The second kappa shape index (κ2) is 10.5. The highest BCUT2D eigenvalue weighted by molar-refractivity contribution is 7.89. The van der Waals surface area contributed by atoms with Gasteiger partial charge in [-0.25, -0.2) is 13.1 Å². The lowest BCUT2D eigenvalue weighted by Crippen LogP contribution is -2.59. The summed E-state index contributed by atoms with van der Waals surface area (Å²) in [6.45, 7) is 3.47. The highest BCUT2D eigenvalue weighted by Crippen LogP contribution is 2.39. The molecule has 2 atom stereocenters. The minimum absolute atomic E-state index is 0.119. The number of rotatable bonds is 8. The normalized spacial score (nSPS) is 14.8. The van der Waals surface area contributed by atoms with Gasteiger partial charge in [-0.2, -0.15) is 26.3 Å². The maximum Gasteiger partial charge on any atom is 0.416 e. The van der Waals surface area contributed by atoms with Crippen molar-refractivity contribution in [1.82, 2.24) is 4.72 Å². The van der Waals surface area contributed by atoms with Gasteiger partial charge in [0.1, 0.15) is 0 Å². The number of hydrogen-bond acceptors (Lipinski definition) is 3. The van der Waals surface area contributed by atoms with E-state index in [1.807, 2.05) is 0 Å². The topological polar surface area (TPSA) is 72.2 Å². The van der Waals surface area contributed by atoms with E-state index in [0.29, 0.717) is 17.5 Å². The average molecular weight is 545 g/mol. The summed E-state index contributed by atoms with van der Waals surface area (Å²) in [5.41, 5.74) is 3.00. The SMILES string of the molecule is CCC(C)[C@H](NS(=O)(=O)c1cc(C(F)(F)F)cc(C(F)(F)F)c1)C(N)(c1ccccc1)c1ccccc1. The second-order valence-electron chi connectivity index (χ2n) is 8.83. The molecule has 0 aliphatic rings. The lowest BCUT2D eigenvalue weighted by Gasteiger charge is -2.42. The van der Waals surface area contributed by atoms with Crippen LogP contribution >= 0.6 is 0 Å². The molecule has 1 unspecified atom stereocenters. The third kappa shape index (κ3) is 6.16. The van der Waals surface area contributed by atoms with Gasteiger partial charge >= 0.3 is 12.4 Å². The van der Waals surface area contributed by atoms with E-state index in [1.165, 1.54) is 0 Å². The van der Waals surface area contributed by atoms with Gasteiger partial charge in [-0.05, 0) is 35.2 Å². The first-order chi connectivity index (χ1) is 17.1. The maximum absolute atomic E-state index is 13.4. The quantitative estimate of drug-likeness (QED) is 0.326. The molecule has 0 fully saturated rings. The Morgan fingerprint density at radius 2 is 1.16 bits per heavy atom. The summed E-state index contributed by atoms with van der Waals surface area (Å²) in [6, 6.07) is 16.1. The van der Waals surface area contributed by atoms with Crippen LogP contribution in [0, 0.1) is 5.92 Å². The van der Waals surface area contributed by atoms with Gasteiger partial charge in [-0.3, -0.25) is 0 Å². The molecule has 3 aromatic rings. The molecular weight excluding hydrogens is 518 g/mol. The second-order valence-corrected chi connectivity index (χ2v) is 10.5. The molecule has 200 valence electrons. The van der Waals surface area contributed by atoms with Crippen LogP contribution < -0.4 is 10.5 Å². The van der Waals surface area contributed by atoms with E-state index < -0.39 is 55.9 Å². The first-order valence-electron chi connectivity index (χ1n) is 11.3. The van der Waals surface area contributed by atoms with E-state index in [1.54, 1.807) is 74.5 Å². The number of nitrogens with one attached hydrogen (secondary N) is 1. The Labute approximate surface area is 211 Å². The molecule has 3 N–H and O–H groups in total. The van der Waals surface area contributed by atoms with Crippen molar-refractivity contribution in [2.75, 3.05) is 0 Å². The standard InChI is InChI=1S/C26H26F6N2O2S/c1-3-17(2)23(24(33,18-10-6-4-7-11-18)19-12-8-5-9-13-19)34-37(35,36)22-15-20(25(27,28)29)14-21(16-22)26(30,31)32/h4-17,23,34H,3,33H2,1-2H3/t17?,23-/m0/s1. The van der Waals surface area contributed by atoms with E-state index in [0.717, 1.165) is 0 Å². The summed E-state index contributed by atoms with van der Waals surface area (Å²) in [5, 5.41) is 0. The molecule has 0 saturated heterocycles. The number of nitrogens with two attached hydrogens (primary N) is 1. The molecule has 0 spiro atoms. The van der Waals surface area contributed by atoms with E-state index in [4.69, 9.17) is 5.73 Å². The van der Waals surface area contributed by atoms with E-state index in [9.17, 15) is 34.8 Å². The number of benzene rings is 3. The summed E-state index contributed by atoms with van der Waals surface area (Å²) in [6.07, 6.45) is -10.00. The lowest BCUT2D eigenvalue weighted by atomic mass is 9.73. The zero-order chi connectivity index (χ0) is 27.6. The number of sulfonamides is 1. The maximum atomic E-state index is 13.4. The fraction of sp³-hybridized carbons (Fsp3) is 0.308. The molecule has 0 saturated carbocycles. The van der Waals surface area contributed by atoms with Gasteiger partial charge in [0.2, 0.25) is 10.0 Å². The third-order valence-corrected chi connectivity index (χ3v) is 7.78. The lowest BCUT2D eigenvalue weighted by molar-refractivity contribution is -0.143. The van der Waals surface area contributed by atoms with Crippen molar-refractivity contribution in [2.45, 2.75) is 49.1 Å². The molecule has 0 aliphatic heterocycles. The van der Waals surface area contributed by atoms with Crippen molar-refractivity contribution >= 4 is 10.0 Å². The highest BCUT2D eigenvalue weighted by Gasteiger charge is 2.44. The Balaban J connectivity index is 2.22. The largest absolute Gasteiger partial charge is 0.416 e. The summed E-state index contributed by atoms with van der Waals surface area (Å²) in [4.78, 5) is -1.16. The van der Waals surface area contributed by atoms with Gasteiger partial charge in [0, 0.05) is 0 Å². The fourth-order valence-electron chi connectivity index (χ4n) is 4.16. The minimum Gasteiger partial charge on any atom is -0.316 e. The molecule has 0 aromatic heterocycles. The van der Waals surface area contributed by atoms with Crippen LogP contribution in [0.2, 0.25) is 0 Å². The van der Waals surface area contributed by atoms with E-state index >= 15 is 0 Å². The van der Waals surface area contributed by atoms with Crippen LogP contribution in [0.25, 0.3) is 0 Å². The van der Waals surface area contributed by atoms with Crippen LogP contribution in [0.1, 0.15) is 42.5 Å². The average Bonchev–Trinajstić information content (AvgIpc) is 2.86. The minimum atomic E-state index is -5.20. The van der Waals surface area contributed by atoms with Crippen LogP contribution in [0.4, 0.5) is 26.3 Å². The van der Waals surface area contributed by atoms with E-state index in [-0.39, 0.29) is 18.2 Å². The van der Waals surface area contributed by atoms with Crippen molar-refractivity contribution in [2.24, 2.45) is 11.7 Å². The van der Waals surface area contributed by atoms with Crippen molar-refractivity contribution in [3.05, 3.63) is 101 Å². The van der Waals surface area contributed by atoms with E-state index in [2.05, 4.69) is 4.72 Å². The van der Waals surface area contributed by atoms with Crippen molar-refractivity contribution < 1.29 is 34.8 Å². The number of halogens is 6. The van der Waals surface area contributed by atoms with Crippen LogP contribution in [0.3, 0.4) is 0 Å². The van der Waals surface area contributed by atoms with Crippen LogP contribution in [0.15, 0.2) is 83.8 Å². The molecule has 3 aromatic carbocycles. The number of alkyl halides is 6. The molecule has 11 heteroatoms. The molecule has 0 amide bonds. The molecule has 37 heavy (non-hydrogen) atoms. The molecule has 0 aliphatic carbocycles. The van der Waals surface area contributed by atoms with Gasteiger partial charge in [0.25, 0.3) is 0 Å².